The Hall–Kier alpha value is -2.20. The quantitative estimate of drug-likeness (QED) is 0.906. The largest absolute Gasteiger partial charge is 0.272 e. The van der Waals surface area contributed by atoms with E-state index in [1.54, 1.807) is 24.3 Å². The summed E-state index contributed by atoms with van der Waals surface area (Å²) >= 11 is 5.87. The Bertz CT molecular complexity index is 695. The number of halogens is 2. The number of hydrogen-bond donors (Lipinski definition) is 1. The highest BCUT2D eigenvalue weighted by Gasteiger charge is 2.27. The van der Waals surface area contributed by atoms with E-state index < -0.39 is 0 Å². The molecule has 1 N–H and O–H groups in total. The molecule has 1 atom stereocenters. The first-order valence-electron chi connectivity index (χ1n) is 6.51. The molecule has 106 valence electrons. The number of amides is 1. The summed E-state index contributed by atoms with van der Waals surface area (Å²) in [6, 6.07) is 13.3. The summed E-state index contributed by atoms with van der Waals surface area (Å²) in [6.45, 7) is 0. The zero-order chi connectivity index (χ0) is 14.8. The lowest BCUT2D eigenvalue weighted by atomic mass is 9.89. The Balaban J connectivity index is 1.88. The minimum atomic E-state index is -0.367. The van der Waals surface area contributed by atoms with E-state index in [9.17, 15) is 9.18 Å². The second-order valence-electron chi connectivity index (χ2n) is 4.85. The van der Waals surface area contributed by atoms with E-state index in [0.717, 1.165) is 16.8 Å². The zero-order valence-corrected chi connectivity index (χ0v) is 11.8. The van der Waals surface area contributed by atoms with Gasteiger partial charge in [0, 0.05) is 11.4 Å². The highest BCUT2D eigenvalue weighted by atomic mass is 35.5. The molecule has 0 aromatic heterocycles. The van der Waals surface area contributed by atoms with Crippen LogP contribution in [0.4, 0.5) is 4.39 Å². The van der Waals surface area contributed by atoms with Gasteiger partial charge in [-0.25, -0.2) is 9.82 Å². The number of benzene rings is 2. The minimum Gasteiger partial charge on any atom is -0.272 e. The van der Waals surface area contributed by atoms with E-state index in [0.29, 0.717) is 11.4 Å². The predicted molar refractivity (Wildman–Crippen MR) is 79.9 cm³/mol. The van der Waals surface area contributed by atoms with Crippen LogP contribution < -0.4 is 5.43 Å². The van der Waals surface area contributed by atoms with Crippen molar-refractivity contribution in [3.8, 4) is 0 Å². The molecule has 0 saturated carbocycles. The highest BCUT2D eigenvalue weighted by Crippen LogP contribution is 2.26. The Morgan fingerprint density at radius 3 is 2.43 bits per heavy atom. The van der Waals surface area contributed by atoms with Crippen molar-refractivity contribution in [2.45, 2.75) is 12.3 Å². The first kappa shape index (κ1) is 13.8. The van der Waals surface area contributed by atoms with Crippen molar-refractivity contribution in [2.75, 3.05) is 0 Å². The van der Waals surface area contributed by atoms with E-state index in [4.69, 9.17) is 11.6 Å². The van der Waals surface area contributed by atoms with Crippen LogP contribution in [0.1, 0.15) is 23.5 Å². The van der Waals surface area contributed by atoms with Gasteiger partial charge in [-0.3, -0.25) is 4.79 Å². The molecular weight excluding hydrogens is 291 g/mol. The molecule has 2 aromatic rings. The van der Waals surface area contributed by atoms with Gasteiger partial charge in [-0.2, -0.15) is 5.10 Å². The third-order valence-corrected chi connectivity index (χ3v) is 3.72. The number of carbonyl (C=O) groups excluding carboxylic acids is 1. The molecule has 1 aliphatic heterocycles. The van der Waals surface area contributed by atoms with Crippen LogP contribution in [0.15, 0.2) is 53.6 Å². The number of nitrogens with one attached hydrogen (secondary N) is 1. The van der Waals surface area contributed by atoms with Gasteiger partial charge in [0.25, 0.3) is 0 Å². The van der Waals surface area contributed by atoms with Crippen LogP contribution in [0, 0.1) is 5.82 Å². The Labute approximate surface area is 126 Å². The second kappa shape index (κ2) is 5.66. The van der Waals surface area contributed by atoms with Crippen molar-refractivity contribution in [1.29, 1.82) is 0 Å². The number of hydrogen-bond acceptors (Lipinski definition) is 2. The summed E-state index contributed by atoms with van der Waals surface area (Å²) in [5.74, 6) is -0.866. The van der Waals surface area contributed by atoms with E-state index in [2.05, 4.69) is 10.5 Å². The summed E-state index contributed by atoms with van der Waals surface area (Å²) in [6.07, 6.45) is 0.471. The fourth-order valence-electron chi connectivity index (χ4n) is 2.32. The van der Waals surface area contributed by atoms with Gasteiger partial charge >= 0.3 is 0 Å². The molecule has 0 aliphatic carbocycles. The third-order valence-electron chi connectivity index (χ3n) is 3.46. The average Bonchev–Trinajstić information content (AvgIpc) is 2.50. The maximum absolute atomic E-state index is 13.0. The summed E-state index contributed by atoms with van der Waals surface area (Å²) < 4.78 is 13.0. The van der Waals surface area contributed by atoms with E-state index in [1.165, 1.54) is 12.1 Å². The molecule has 0 spiro atoms. The van der Waals surface area contributed by atoms with E-state index in [-0.39, 0.29) is 17.6 Å². The smallest absolute Gasteiger partial charge is 0.248 e. The molecule has 3 nitrogen and oxygen atoms in total. The number of nitrogens with zero attached hydrogens (tertiary/aromatic N) is 1. The van der Waals surface area contributed by atoms with Crippen molar-refractivity contribution in [3.05, 3.63) is 70.5 Å². The maximum Gasteiger partial charge on any atom is 0.248 e. The van der Waals surface area contributed by atoms with Crippen LogP contribution in [0.5, 0.6) is 0 Å². The molecule has 1 heterocycles. The summed E-state index contributed by atoms with van der Waals surface area (Å²) in [4.78, 5) is 12.0. The lowest BCUT2D eigenvalue weighted by Gasteiger charge is -2.21. The van der Waals surface area contributed by atoms with Crippen molar-refractivity contribution < 1.29 is 9.18 Å². The fourth-order valence-corrected chi connectivity index (χ4v) is 2.45. The number of hydrazone groups is 1. The van der Waals surface area contributed by atoms with Gasteiger partial charge in [-0.05, 0) is 35.4 Å². The van der Waals surface area contributed by atoms with Gasteiger partial charge in [0.05, 0.1) is 11.6 Å². The van der Waals surface area contributed by atoms with Crippen molar-refractivity contribution in [2.24, 2.45) is 5.10 Å². The van der Waals surface area contributed by atoms with Crippen LogP contribution in [0.2, 0.25) is 5.02 Å². The van der Waals surface area contributed by atoms with Crippen LogP contribution >= 0.6 is 11.6 Å². The topological polar surface area (TPSA) is 41.5 Å². The minimum absolute atomic E-state index is 0.181. The molecule has 3 rings (SSSR count). The molecule has 5 heteroatoms. The molecule has 1 aliphatic rings. The molecular formula is C16H12ClFN2O. The van der Waals surface area contributed by atoms with Gasteiger partial charge in [0.2, 0.25) is 5.91 Å². The molecule has 2 aromatic carbocycles. The number of carbonyl (C=O) groups is 1. The van der Waals surface area contributed by atoms with Gasteiger partial charge in [-0.15, -0.1) is 0 Å². The lowest BCUT2D eigenvalue weighted by Crippen LogP contribution is -2.33. The Morgan fingerprint density at radius 2 is 1.76 bits per heavy atom. The van der Waals surface area contributed by atoms with Gasteiger partial charge in [-0.1, -0.05) is 35.9 Å². The third kappa shape index (κ3) is 2.95. The fraction of sp³-hybridized carbons (Fsp3) is 0.125. The zero-order valence-electron chi connectivity index (χ0n) is 11.0. The van der Waals surface area contributed by atoms with Gasteiger partial charge in [0.15, 0.2) is 0 Å². The van der Waals surface area contributed by atoms with Crippen molar-refractivity contribution >= 4 is 23.2 Å². The first-order chi connectivity index (χ1) is 10.1. The summed E-state index contributed by atoms with van der Waals surface area (Å²) in [7, 11) is 0. The van der Waals surface area contributed by atoms with Crippen LogP contribution in [0.25, 0.3) is 0 Å². The Morgan fingerprint density at radius 1 is 1.10 bits per heavy atom. The summed E-state index contributed by atoms with van der Waals surface area (Å²) in [5, 5.41) is 4.75. The Kier molecular flexibility index (Phi) is 3.71. The van der Waals surface area contributed by atoms with Crippen molar-refractivity contribution in [3.63, 3.8) is 0 Å². The maximum atomic E-state index is 13.0. The van der Waals surface area contributed by atoms with Crippen molar-refractivity contribution in [1.82, 2.24) is 5.43 Å². The predicted octanol–water partition coefficient (Wildman–Crippen LogP) is 3.49. The van der Waals surface area contributed by atoms with Gasteiger partial charge < -0.3 is 0 Å². The van der Waals surface area contributed by atoms with Crippen LogP contribution in [-0.2, 0) is 4.79 Å². The second-order valence-corrected chi connectivity index (χ2v) is 5.29. The normalized spacial score (nSPS) is 18.1. The molecule has 0 unspecified atom stereocenters. The molecule has 0 fully saturated rings. The standard InChI is InChI=1S/C16H12ClFN2O/c17-12-5-1-11(2-6-12)15-9-14(16(21)20-19-15)10-3-7-13(18)8-4-10/h1-8,14H,9H2,(H,20,21)/t14-/m0/s1. The molecule has 0 saturated heterocycles. The monoisotopic (exact) mass is 302 g/mol. The molecule has 0 bridgehead atoms. The highest BCUT2D eigenvalue weighted by molar-refractivity contribution is 6.30. The molecule has 1 amide bonds. The first-order valence-corrected chi connectivity index (χ1v) is 6.89. The van der Waals surface area contributed by atoms with Crippen LogP contribution in [0.3, 0.4) is 0 Å². The lowest BCUT2D eigenvalue weighted by molar-refractivity contribution is -0.122. The average molecular weight is 303 g/mol. The van der Waals surface area contributed by atoms with E-state index >= 15 is 0 Å². The summed E-state index contributed by atoms with van der Waals surface area (Å²) in [5.41, 5.74) is 4.99. The SMILES string of the molecule is O=C1NN=C(c2ccc(Cl)cc2)C[C@H]1c1ccc(F)cc1. The van der Waals surface area contributed by atoms with Gasteiger partial charge in [0.1, 0.15) is 5.82 Å². The molecule has 0 radical (unpaired) electrons. The van der Waals surface area contributed by atoms with E-state index in [1.807, 2.05) is 12.1 Å². The number of rotatable bonds is 2. The molecule has 21 heavy (non-hydrogen) atoms. The van der Waals surface area contributed by atoms with Crippen LogP contribution in [-0.4, -0.2) is 11.6 Å².